The maximum Gasteiger partial charge on any atom is 2.00 e. The maximum absolute atomic E-state index is 4.00. The summed E-state index contributed by atoms with van der Waals surface area (Å²) < 4.78 is 0.931. The van der Waals surface area contributed by atoms with Crippen LogP contribution in [0, 0.1) is 6.92 Å². The van der Waals surface area contributed by atoms with E-state index < -0.39 is 0 Å². The largest absolute Gasteiger partial charge is 2.00 e. The minimum atomic E-state index is 0. The molecule has 1 nitrogen and oxygen atoms in total. The molecular weight excluding hydrogens is 190 g/mol. The molecule has 0 saturated carbocycles. The molecular formula is C6H8BrMgN. The standard InChI is InChI=1S/C6H6BrN.Mg.2H/c1-5-3-2-4-8-6(5)7;;;/h2-4H,1H3;;;/q;+2;2*-1. The fourth-order valence-corrected chi connectivity index (χ4v) is 0.717. The Labute approximate surface area is 82.1 Å². The van der Waals surface area contributed by atoms with Crippen LogP contribution in [-0.2, 0) is 0 Å². The van der Waals surface area contributed by atoms with E-state index in [0.29, 0.717) is 0 Å². The van der Waals surface area contributed by atoms with E-state index in [1.54, 1.807) is 6.20 Å². The molecule has 0 aliphatic carbocycles. The van der Waals surface area contributed by atoms with Crippen molar-refractivity contribution in [2.24, 2.45) is 0 Å². The molecule has 0 aliphatic heterocycles. The fourth-order valence-electron chi connectivity index (χ4n) is 0.466. The van der Waals surface area contributed by atoms with Crippen LogP contribution in [-0.4, -0.2) is 28.0 Å². The zero-order valence-electron chi connectivity index (χ0n) is 7.26. The quantitative estimate of drug-likeness (QED) is 0.459. The molecule has 1 aromatic rings. The van der Waals surface area contributed by atoms with Crippen LogP contribution in [0.2, 0.25) is 0 Å². The Balaban J connectivity index is -0.000000213. The molecule has 0 N–H and O–H groups in total. The molecule has 0 saturated heterocycles. The van der Waals surface area contributed by atoms with Crippen molar-refractivity contribution in [3.8, 4) is 0 Å². The fraction of sp³-hybridized carbons (Fsp3) is 0.167. The summed E-state index contributed by atoms with van der Waals surface area (Å²) in [5.41, 5.74) is 1.17. The summed E-state index contributed by atoms with van der Waals surface area (Å²) in [5.74, 6) is 0. The molecule has 1 rings (SSSR count). The molecule has 0 fully saturated rings. The third-order valence-corrected chi connectivity index (χ3v) is 1.78. The van der Waals surface area contributed by atoms with E-state index in [-0.39, 0.29) is 25.9 Å². The van der Waals surface area contributed by atoms with Gasteiger partial charge in [-0.3, -0.25) is 0 Å². The van der Waals surface area contributed by atoms with Gasteiger partial charge in [-0.2, -0.15) is 0 Å². The van der Waals surface area contributed by atoms with E-state index in [1.165, 1.54) is 5.56 Å². The molecule has 1 heterocycles. The number of rotatable bonds is 0. The normalized spacial score (nSPS) is 8.22. The molecule has 0 aliphatic rings. The first-order valence-electron chi connectivity index (χ1n) is 2.38. The Morgan fingerprint density at radius 2 is 2.33 bits per heavy atom. The van der Waals surface area contributed by atoms with Gasteiger partial charge in [0.15, 0.2) is 0 Å². The van der Waals surface area contributed by atoms with Crippen LogP contribution >= 0.6 is 15.9 Å². The van der Waals surface area contributed by atoms with Gasteiger partial charge in [-0.25, -0.2) is 4.98 Å². The molecule has 0 spiro atoms. The van der Waals surface area contributed by atoms with Crippen molar-refractivity contribution in [3.63, 3.8) is 0 Å². The van der Waals surface area contributed by atoms with Crippen molar-refractivity contribution < 1.29 is 2.85 Å². The van der Waals surface area contributed by atoms with Gasteiger partial charge in [-0.15, -0.1) is 0 Å². The maximum atomic E-state index is 4.00. The van der Waals surface area contributed by atoms with Crippen molar-refractivity contribution in [2.75, 3.05) is 0 Å². The number of aryl methyl sites for hydroxylation is 1. The zero-order valence-corrected chi connectivity index (χ0v) is 8.26. The Morgan fingerprint density at radius 1 is 1.67 bits per heavy atom. The second-order valence-electron chi connectivity index (χ2n) is 1.61. The Hall–Kier alpha value is 0.396. The van der Waals surface area contributed by atoms with Gasteiger partial charge in [0.2, 0.25) is 0 Å². The van der Waals surface area contributed by atoms with Gasteiger partial charge in [-0.1, -0.05) is 6.07 Å². The minimum Gasteiger partial charge on any atom is -1.00 e. The van der Waals surface area contributed by atoms with E-state index in [1.807, 2.05) is 19.1 Å². The van der Waals surface area contributed by atoms with Crippen LogP contribution in [0.4, 0.5) is 0 Å². The van der Waals surface area contributed by atoms with Crippen LogP contribution < -0.4 is 0 Å². The predicted octanol–water partition coefficient (Wildman–Crippen LogP) is 2.00. The molecule has 0 atom stereocenters. The van der Waals surface area contributed by atoms with Crippen molar-refractivity contribution in [3.05, 3.63) is 28.5 Å². The summed E-state index contributed by atoms with van der Waals surface area (Å²) in [6.45, 7) is 2.01. The number of pyridine rings is 1. The van der Waals surface area contributed by atoms with E-state index in [0.717, 1.165) is 4.60 Å². The van der Waals surface area contributed by atoms with Crippen molar-refractivity contribution in [2.45, 2.75) is 6.92 Å². The van der Waals surface area contributed by atoms with Gasteiger partial charge >= 0.3 is 23.1 Å². The topological polar surface area (TPSA) is 12.9 Å². The van der Waals surface area contributed by atoms with Crippen LogP contribution in [0.15, 0.2) is 22.9 Å². The summed E-state index contributed by atoms with van der Waals surface area (Å²) in [5, 5.41) is 0. The first-order chi connectivity index (χ1) is 3.80. The SMILES string of the molecule is Cc1cccnc1Br.[H-].[H-].[Mg+2]. The van der Waals surface area contributed by atoms with Gasteiger partial charge < -0.3 is 2.85 Å². The van der Waals surface area contributed by atoms with Crippen LogP contribution in [0.5, 0.6) is 0 Å². The third-order valence-electron chi connectivity index (χ3n) is 0.946. The Kier molecular flexibility index (Phi) is 4.44. The average Bonchev–Trinajstić information content (AvgIpc) is 1.77. The molecule has 0 radical (unpaired) electrons. The van der Waals surface area contributed by atoms with Gasteiger partial charge in [0, 0.05) is 6.20 Å². The second-order valence-corrected chi connectivity index (χ2v) is 2.36. The molecule has 1 aromatic heterocycles. The van der Waals surface area contributed by atoms with Crippen molar-refractivity contribution in [1.29, 1.82) is 0 Å². The third kappa shape index (κ3) is 2.64. The molecule has 46 valence electrons. The van der Waals surface area contributed by atoms with E-state index >= 15 is 0 Å². The second kappa shape index (κ2) is 4.25. The Bertz CT molecular complexity index is 177. The summed E-state index contributed by atoms with van der Waals surface area (Å²) >= 11 is 3.28. The van der Waals surface area contributed by atoms with Gasteiger partial charge in [0.05, 0.1) is 0 Å². The van der Waals surface area contributed by atoms with Crippen molar-refractivity contribution >= 4 is 39.0 Å². The summed E-state index contributed by atoms with van der Waals surface area (Å²) in [6.07, 6.45) is 1.76. The number of hydrogen-bond donors (Lipinski definition) is 0. The summed E-state index contributed by atoms with van der Waals surface area (Å²) in [6, 6.07) is 3.93. The predicted molar refractivity (Wildman–Crippen MR) is 44.7 cm³/mol. The van der Waals surface area contributed by atoms with E-state index in [2.05, 4.69) is 20.9 Å². The van der Waals surface area contributed by atoms with Crippen LogP contribution in [0.1, 0.15) is 8.42 Å². The summed E-state index contributed by atoms with van der Waals surface area (Å²) in [4.78, 5) is 4.00. The molecule has 0 aromatic carbocycles. The number of nitrogens with zero attached hydrogens (tertiary/aromatic N) is 1. The van der Waals surface area contributed by atoms with Crippen molar-refractivity contribution in [1.82, 2.24) is 4.98 Å². The summed E-state index contributed by atoms with van der Waals surface area (Å²) in [7, 11) is 0. The average molecular weight is 198 g/mol. The minimum absolute atomic E-state index is 0. The molecule has 9 heavy (non-hydrogen) atoms. The first-order valence-corrected chi connectivity index (χ1v) is 3.17. The van der Waals surface area contributed by atoms with Gasteiger partial charge in [0.25, 0.3) is 0 Å². The van der Waals surface area contributed by atoms with Crippen LogP contribution in [0.25, 0.3) is 0 Å². The molecule has 0 amide bonds. The van der Waals surface area contributed by atoms with E-state index in [4.69, 9.17) is 0 Å². The number of hydrogen-bond acceptors (Lipinski definition) is 1. The molecule has 0 bridgehead atoms. The van der Waals surface area contributed by atoms with Gasteiger partial charge in [-0.05, 0) is 34.5 Å². The Morgan fingerprint density at radius 3 is 2.67 bits per heavy atom. The first kappa shape index (κ1) is 9.40. The monoisotopic (exact) mass is 197 g/mol. The zero-order chi connectivity index (χ0) is 5.98. The van der Waals surface area contributed by atoms with E-state index in [9.17, 15) is 0 Å². The van der Waals surface area contributed by atoms with Gasteiger partial charge in [0.1, 0.15) is 4.60 Å². The molecule has 3 heteroatoms. The number of halogens is 1. The smallest absolute Gasteiger partial charge is 1.00 e. The van der Waals surface area contributed by atoms with Crippen LogP contribution in [0.3, 0.4) is 0 Å². The number of aromatic nitrogens is 1. The molecule has 0 unspecified atom stereocenters.